The fourth-order valence-corrected chi connectivity index (χ4v) is 5.89. The number of anilines is 2. The molecule has 19 nitrogen and oxygen atoms in total. The van der Waals surface area contributed by atoms with Crippen molar-refractivity contribution in [1.29, 1.82) is 0 Å². The molecule has 0 aliphatic carbocycles. The van der Waals surface area contributed by atoms with Crippen LogP contribution in [0.3, 0.4) is 0 Å². The van der Waals surface area contributed by atoms with E-state index in [1.807, 2.05) is 6.92 Å². The first-order valence-corrected chi connectivity index (χ1v) is 19.0. The van der Waals surface area contributed by atoms with E-state index in [0.717, 1.165) is 6.29 Å². The Kier molecular flexibility index (Phi) is 18.2. The van der Waals surface area contributed by atoms with Crippen molar-refractivity contribution >= 4 is 71.8 Å². The van der Waals surface area contributed by atoms with Crippen LogP contribution in [0, 0.1) is 6.92 Å². The van der Waals surface area contributed by atoms with Gasteiger partial charge in [0, 0.05) is 49.4 Å². The van der Waals surface area contributed by atoms with Crippen LogP contribution in [-0.2, 0) is 16.1 Å². The van der Waals surface area contributed by atoms with Gasteiger partial charge in [0.2, 0.25) is 11.8 Å². The van der Waals surface area contributed by atoms with Crippen LogP contribution in [0.2, 0.25) is 0 Å². The van der Waals surface area contributed by atoms with Crippen LogP contribution < -0.4 is 47.1 Å². The molecular formula is C41H54N12O7. The second-order valence-electron chi connectivity index (χ2n) is 13.1. The Bertz CT molecular complexity index is 2150. The van der Waals surface area contributed by atoms with Crippen LogP contribution in [0.15, 0.2) is 69.2 Å². The summed E-state index contributed by atoms with van der Waals surface area (Å²) in [5, 5.41) is 10.2. The molecule has 0 spiro atoms. The van der Waals surface area contributed by atoms with Gasteiger partial charge < -0.3 is 51.9 Å². The number of aliphatic imine (C=N–C) groups is 3. The third-order valence-corrected chi connectivity index (χ3v) is 8.63. The van der Waals surface area contributed by atoms with Crippen molar-refractivity contribution in [2.75, 3.05) is 56.5 Å². The van der Waals surface area contributed by atoms with Crippen molar-refractivity contribution in [3.8, 4) is 11.5 Å². The molecular weight excluding hydrogens is 773 g/mol. The van der Waals surface area contributed by atoms with Gasteiger partial charge in [-0.15, -0.1) is 0 Å². The van der Waals surface area contributed by atoms with Gasteiger partial charge >= 0.3 is 0 Å². The number of rotatable bonds is 25. The largest absolute Gasteiger partial charge is 0.494 e. The van der Waals surface area contributed by atoms with Crippen LogP contribution in [0.4, 0.5) is 22.7 Å². The Balaban J connectivity index is 2.12. The summed E-state index contributed by atoms with van der Waals surface area (Å²) in [6.45, 7) is 15.5. The first-order valence-electron chi connectivity index (χ1n) is 19.0. The molecule has 0 unspecified atom stereocenters. The van der Waals surface area contributed by atoms with Crippen LogP contribution in [0.5, 0.6) is 11.5 Å². The van der Waals surface area contributed by atoms with E-state index in [-0.39, 0.29) is 85.1 Å². The number of ether oxygens (including phenoxy) is 2. The summed E-state index contributed by atoms with van der Waals surface area (Å²) >= 11 is 0. The van der Waals surface area contributed by atoms with E-state index >= 15 is 0 Å². The molecule has 0 aliphatic heterocycles. The topological polar surface area (TPSA) is 267 Å². The number of nitrogens with one attached hydrogen (secondary N) is 2. The smallest absolute Gasteiger partial charge is 0.270 e. The summed E-state index contributed by atoms with van der Waals surface area (Å²) in [6, 6.07) is 7.53. The Morgan fingerprint density at radius 1 is 0.883 bits per heavy atom. The molecule has 3 aromatic rings. The predicted molar refractivity (Wildman–Crippen MR) is 233 cm³/mol. The van der Waals surface area contributed by atoms with Gasteiger partial charge in [-0.2, -0.15) is 5.10 Å². The number of nitrogens with zero attached hydrogens (tertiary/aromatic N) is 7. The SMILES string of the molecule is C=Nc1cc(C(N)=O)cc(OC)c1N(C/C=C/CN(CNC(=O)C(/C=C(/C)N)=NCC)c1c(N=C)cc(C(N)=O)cc1OCCCC=O)CNC(=O)c1cc(C)nn1CC. The number of allylic oxidation sites excluding steroid dienone is 1. The Hall–Kier alpha value is -7.31. The number of benzene rings is 2. The van der Waals surface area contributed by atoms with E-state index < -0.39 is 17.7 Å². The van der Waals surface area contributed by atoms with Gasteiger partial charge in [-0.25, -0.2) is 0 Å². The molecule has 8 N–H and O–H groups in total. The highest BCUT2D eigenvalue weighted by Crippen LogP contribution is 2.41. The highest BCUT2D eigenvalue weighted by molar-refractivity contribution is 6.43. The van der Waals surface area contributed by atoms with Crippen molar-refractivity contribution < 1.29 is 33.4 Å². The van der Waals surface area contributed by atoms with Gasteiger partial charge in [0.25, 0.3) is 11.8 Å². The number of hydrogen-bond acceptors (Lipinski definition) is 14. The van der Waals surface area contributed by atoms with Gasteiger partial charge in [-0.1, -0.05) is 12.2 Å². The summed E-state index contributed by atoms with van der Waals surface area (Å²) in [6.07, 6.45) is 6.44. The zero-order valence-corrected chi connectivity index (χ0v) is 34.7. The molecule has 3 rings (SSSR count). The zero-order chi connectivity index (χ0) is 44.4. The van der Waals surface area contributed by atoms with E-state index in [2.05, 4.69) is 44.1 Å². The number of primary amides is 2. The van der Waals surface area contributed by atoms with Crippen molar-refractivity contribution in [3.63, 3.8) is 0 Å². The minimum absolute atomic E-state index is 0.0583. The molecule has 19 heteroatoms. The lowest BCUT2D eigenvalue weighted by atomic mass is 10.1. The number of aldehydes is 1. The maximum atomic E-state index is 13.5. The van der Waals surface area contributed by atoms with E-state index in [9.17, 15) is 24.0 Å². The van der Waals surface area contributed by atoms with E-state index in [1.54, 1.807) is 53.5 Å². The van der Waals surface area contributed by atoms with Crippen molar-refractivity contribution in [1.82, 2.24) is 20.4 Å². The number of aryl methyl sites for hydroxylation is 2. The highest BCUT2D eigenvalue weighted by atomic mass is 16.5. The molecule has 2 aromatic carbocycles. The molecule has 0 aliphatic rings. The Morgan fingerprint density at radius 3 is 1.95 bits per heavy atom. The van der Waals surface area contributed by atoms with Gasteiger partial charge in [0.15, 0.2) is 0 Å². The third kappa shape index (κ3) is 12.9. The third-order valence-electron chi connectivity index (χ3n) is 8.63. The van der Waals surface area contributed by atoms with Crippen molar-refractivity contribution in [2.45, 2.75) is 47.1 Å². The Morgan fingerprint density at radius 2 is 1.45 bits per heavy atom. The monoisotopic (exact) mass is 826 g/mol. The number of carbonyl (C=O) groups excluding carboxylic acids is 5. The average molecular weight is 827 g/mol. The summed E-state index contributed by atoms with van der Waals surface area (Å²) in [4.78, 5) is 78.5. The van der Waals surface area contributed by atoms with Crippen molar-refractivity contribution in [3.05, 3.63) is 76.8 Å². The lowest BCUT2D eigenvalue weighted by Crippen LogP contribution is -2.41. The van der Waals surface area contributed by atoms with Gasteiger partial charge in [0.05, 0.1) is 44.1 Å². The molecule has 60 heavy (non-hydrogen) atoms. The fourth-order valence-electron chi connectivity index (χ4n) is 5.89. The maximum Gasteiger partial charge on any atom is 0.270 e. The molecule has 320 valence electrons. The van der Waals surface area contributed by atoms with E-state index in [4.69, 9.17) is 26.7 Å². The first kappa shape index (κ1) is 47.1. The lowest BCUT2D eigenvalue weighted by Gasteiger charge is -2.29. The summed E-state index contributed by atoms with van der Waals surface area (Å²) in [5.41, 5.74) is 20.2. The fraction of sp³-hybridized carbons (Fsp3) is 0.341. The van der Waals surface area contributed by atoms with Crippen LogP contribution in [0.1, 0.15) is 70.5 Å². The quantitative estimate of drug-likeness (QED) is 0.0272. The van der Waals surface area contributed by atoms with E-state index in [0.29, 0.717) is 48.0 Å². The Labute approximate surface area is 349 Å². The lowest BCUT2D eigenvalue weighted by molar-refractivity contribution is -0.114. The number of aromatic nitrogens is 2. The van der Waals surface area contributed by atoms with E-state index in [1.165, 1.54) is 37.5 Å². The summed E-state index contributed by atoms with van der Waals surface area (Å²) in [7, 11) is 1.42. The average Bonchev–Trinajstić information content (AvgIpc) is 3.62. The van der Waals surface area contributed by atoms with Crippen LogP contribution >= 0.6 is 0 Å². The number of hydrogen-bond donors (Lipinski definition) is 5. The van der Waals surface area contributed by atoms with Crippen LogP contribution in [-0.4, -0.2) is 106 Å². The van der Waals surface area contributed by atoms with Gasteiger partial charge in [0.1, 0.15) is 40.6 Å². The molecule has 0 radical (unpaired) electrons. The standard InChI is InChI=1S/C41H54N12O7/c1-8-47-32(18-26(3)42)40(57)48-24-52(37-31(46-6)21-29(39(44)56)23-35(37)60-17-13-12-16-54)15-11-10-14-51(25-49-41(58)33-19-27(4)50-53(33)9-2)36-30(45-5)20-28(38(43)55)22-34(36)59-7/h10-11,16,18-23H,5-6,8-9,12-15,17,24-25,42H2,1-4,7H3,(H2,43,55)(H2,44,56)(H,48,57)(H,49,58)/b11-10+,26-18-,47-32?. The second kappa shape index (κ2) is 23.2. The number of carbonyl (C=O) groups is 5. The predicted octanol–water partition coefficient (Wildman–Crippen LogP) is 3.09. The molecule has 0 saturated heterocycles. The molecule has 0 atom stereocenters. The number of unbranched alkanes of at least 4 members (excludes halogenated alkanes) is 1. The number of nitrogens with two attached hydrogens (primary N) is 3. The normalized spacial score (nSPS) is 11.5. The first-order chi connectivity index (χ1) is 28.7. The zero-order valence-electron chi connectivity index (χ0n) is 34.7. The summed E-state index contributed by atoms with van der Waals surface area (Å²) < 4.78 is 13.4. The van der Waals surface area contributed by atoms with Crippen LogP contribution in [0.25, 0.3) is 0 Å². The molecule has 1 aromatic heterocycles. The molecule has 0 fully saturated rings. The molecule has 0 saturated carbocycles. The second-order valence-corrected chi connectivity index (χ2v) is 13.1. The number of amides is 4. The summed E-state index contributed by atoms with van der Waals surface area (Å²) in [5.74, 6) is -1.88. The van der Waals surface area contributed by atoms with Gasteiger partial charge in [-0.05, 0) is 84.0 Å². The minimum atomic E-state index is -0.734. The molecule has 0 bridgehead atoms. The maximum absolute atomic E-state index is 13.5. The molecule has 1 heterocycles. The van der Waals surface area contributed by atoms with Gasteiger partial charge in [-0.3, -0.25) is 38.8 Å². The minimum Gasteiger partial charge on any atom is -0.494 e. The molecule has 4 amide bonds. The van der Waals surface area contributed by atoms with Crippen molar-refractivity contribution in [2.24, 2.45) is 32.2 Å². The number of methoxy groups -OCH3 is 1. The highest BCUT2D eigenvalue weighted by Gasteiger charge is 2.23.